The molecule has 1 fully saturated rings. The van der Waals surface area contributed by atoms with Gasteiger partial charge in [-0.25, -0.2) is 0 Å². The molecular weight excluding hydrogens is 338 g/mol. The molecule has 0 spiro atoms. The summed E-state index contributed by atoms with van der Waals surface area (Å²) in [7, 11) is 0. The molecule has 142 valence electrons. The van der Waals surface area contributed by atoms with Gasteiger partial charge in [0.1, 0.15) is 0 Å². The van der Waals surface area contributed by atoms with E-state index in [1.807, 2.05) is 34.1 Å². The van der Waals surface area contributed by atoms with Crippen molar-refractivity contribution in [1.82, 2.24) is 14.4 Å². The highest BCUT2D eigenvalue weighted by Gasteiger charge is 2.19. The van der Waals surface area contributed by atoms with Crippen LogP contribution in [0.5, 0.6) is 0 Å². The van der Waals surface area contributed by atoms with Crippen LogP contribution < -0.4 is 0 Å². The second kappa shape index (κ2) is 8.25. The van der Waals surface area contributed by atoms with Crippen molar-refractivity contribution in [2.24, 2.45) is 0 Å². The summed E-state index contributed by atoms with van der Waals surface area (Å²) in [6.07, 6.45) is 4.37. The number of carbonyl (C=O) groups is 2. The van der Waals surface area contributed by atoms with E-state index in [1.54, 1.807) is 13.0 Å². The Balaban J connectivity index is 1.73. The van der Waals surface area contributed by atoms with Crippen LogP contribution in [0, 0.1) is 13.8 Å². The Labute approximate surface area is 160 Å². The van der Waals surface area contributed by atoms with Crippen molar-refractivity contribution in [2.45, 2.75) is 27.2 Å². The molecule has 0 atom stereocenters. The van der Waals surface area contributed by atoms with Crippen LogP contribution in [0.3, 0.4) is 0 Å². The number of rotatable bonds is 3. The lowest BCUT2D eigenvalue weighted by Gasteiger charge is -2.20. The van der Waals surface area contributed by atoms with Crippen LogP contribution in [0.15, 0.2) is 42.5 Å². The Kier molecular flexibility index (Phi) is 5.79. The van der Waals surface area contributed by atoms with Crippen molar-refractivity contribution in [3.63, 3.8) is 0 Å². The van der Waals surface area contributed by atoms with Crippen molar-refractivity contribution in [3.8, 4) is 5.69 Å². The Morgan fingerprint density at radius 2 is 1.63 bits per heavy atom. The van der Waals surface area contributed by atoms with Gasteiger partial charge in [0.2, 0.25) is 11.8 Å². The smallest absolute Gasteiger partial charge is 0.246 e. The van der Waals surface area contributed by atoms with Crippen molar-refractivity contribution < 1.29 is 9.59 Å². The second-order valence-electron chi connectivity index (χ2n) is 7.02. The van der Waals surface area contributed by atoms with E-state index in [2.05, 4.69) is 36.6 Å². The molecule has 0 bridgehead atoms. The highest BCUT2D eigenvalue weighted by Crippen LogP contribution is 2.21. The molecule has 1 aromatic carbocycles. The Hall–Kier alpha value is -2.82. The van der Waals surface area contributed by atoms with E-state index >= 15 is 0 Å². The molecule has 1 aliphatic rings. The van der Waals surface area contributed by atoms with Gasteiger partial charge in [-0.1, -0.05) is 18.2 Å². The van der Waals surface area contributed by atoms with Gasteiger partial charge in [-0.05, 0) is 50.1 Å². The SMILES string of the molecule is CC(=O)N1CCCN(C(=O)/C=C/c2cc(C)n(-c3ccccc3)c2C)CC1. The predicted molar refractivity (Wildman–Crippen MR) is 108 cm³/mol. The standard InChI is InChI=1S/C22H27N3O2/c1-17-16-20(18(2)25(17)21-8-5-4-6-9-21)10-11-22(27)24-13-7-12-23(14-15-24)19(3)26/h4-6,8-11,16H,7,12-15H2,1-3H3/b11-10+. The molecule has 2 amide bonds. The van der Waals surface area contributed by atoms with Crippen molar-refractivity contribution in [3.05, 3.63) is 59.4 Å². The number of hydrogen-bond donors (Lipinski definition) is 0. The zero-order valence-electron chi connectivity index (χ0n) is 16.3. The molecule has 0 unspecified atom stereocenters. The number of amides is 2. The maximum Gasteiger partial charge on any atom is 0.246 e. The monoisotopic (exact) mass is 365 g/mol. The Morgan fingerprint density at radius 3 is 2.33 bits per heavy atom. The van der Waals surface area contributed by atoms with E-state index in [0.29, 0.717) is 19.6 Å². The van der Waals surface area contributed by atoms with Crippen LogP contribution >= 0.6 is 0 Å². The molecule has 1 aliphatic heterocycles. The molecular formula is C22H27N3O2. The molecule has 2 aromatic rings. The third-order valence-electron chi connectivity index (χ3n) is 5.14. The fourth-order valence-electron chi connectivity index (χ4n) is 3.65. The first-order chi connectivity index (χ1) is 13.0. The molecule has 5 nitrogen and oxygen atoms in total. The molecule has 1 aromatic heterocycles. The van der Waals surface area contributed by atoms with Crippen LogP contribution in [-0.2, 0) is 9.59 Å². The van der Waals surface area contributed by atoms with E-state index in [0.717, 1.165) is 35.6 Å². The summed E-state index contributed by atoms with van der Waals surface area (Å²) in [5.41, 5.74) is 4.42. The number of nitrogens with zero attached hydrogens (tertiary/aromatic N) is 3. The lowest BCUT2D eigenvalue weighted by Crippen LogP contribution is -2.35. The first kappa shape index (κ1) is 19.0. The second-order valence-corrected chi connectivity index (χ2v) is 7.02. The van der Waals surface area contributed by atoms with E-state index in [1.165, 1.54) is 0 Å². The van der Waals surface area contributed by atoms with Gasteiger partial charge >= 0.3 is 0 Å². The average molecular weight is 365 g/mol. The molecule has 0 N–H and O–H groups in total. The number of para-hydroxylation sites is 1. The van der Waals surface area contributed by atoms with Crippen LogP contribution in [0.2, 0.25) is 0 Å². The van der Waals surface area contributed by atoms with E-state index in [9.17, 15) is 9.59 Å². The van der Waals surface area contributed by atoms with Gasteiger partial charge < -0.3 is 14.4 Å². The highest BCUT2D eigenvalue weighted by atomic mass is 16.2. The fraction of sp³-hybridized carbons (Fsp3) is 0.364. The predicted octanol–water partition coefficient (Wildman–Crippen LogP) is 3.19. The topological polar surface area (TPSA) is 45.6 Å². The molecule has 27 heavy (non-hydrogen) atoms. The van der Waals surface area contributed by atoms with E-state index in [4.69, 9.17) is 0 Å². The Bertz CT molecular complexity index is 852. The van der Waals surface area contributed by atoms with Crippen molar-refractivity contribution in [2.75, 3.05) is 26.2 Å². The van der Waals surface area contributed by atoms with Crippen molar-refractivity contribution >= 4 is 17.9 Å². The van der Waals surface area contributed by atoms with Crippen LogP contribution in [-0.4, -0.2) is 52.4 Å². The highest BCUT2D eigenvalue weighted by molar-refractivity contribution is 5.92. The third-order valence-corrected chi connectivity index (χ3v) is 5.14. The van der Waals surface area contributed by atoms with Crippen LogP contribution in [0.1, 0.15) is 30.3 Å². The van der Waals surface area contributed by atoms with Gasteiger partial charge in [0.25, 0.3) is 0 Å². The van der Waals surface area contributed by atoms with E-state index in [-0.39, 0.29) is 11.8 Å². The zero-order chi connectivity index (χ0) is 19.4. The molecule has 0 saturated carbocycles. The molecule has 1 saturated heterocycles. The minimum Gasteiger partial charge on any atom is -0.341 e. The molecule has 2 heterocycles. The van der Waals surface area contributed by atoms with Crippen LogP contribution in [0.25, 0.3) is 11.8 Å². The number of benzene rings is 1. The first-order valence-electron chi connectivity index (χ1n) is 9.44. The minimum atomic E-state index is 0.00455. The molecule has 5 heteroatoms. The van der Waals surface area contributed by atoms with Crippen molar-refractivity contribution in [1.29, 1.82) is 0 Å². The zero-order valence-corrected chi connectivity index (χ0v) is 16.3. The summed E-state index contributed by atoms with van der Waals surface area (Å²) in [5.74, 6) is 0.0816. The van der Waals surface area contributed by atoms with Crippen LogP contribution in [0.4, 0.5) is 0 Å². The van der Waals surface area contributed by atoms with Gasteiger partial charge in [0.15, 0.2) is 0 Å². The first-order valence-corrected chi connectivity index (χ1v) is 9.44. The summed E-state index contributed by atoms with van der Waals surface area (Å²) >= 11 is 0. The van der Waals surface area contributed by atoms with Gasteiger partial charge in [-0.2, -0.15) is 0 Å². The maximum absolute atomic E-state index is 12.6. The minimum absolute atomic E-state index is 0.00455. The third kappa shape index (κ3) is 4.30. The summed E-state index contributed by atoms with van der Waals surface area (Å²) in [6, 6.07) is 12.3. The fourth-order valence-corrected chi connectivity index (χ4v) is 3.65. The lowest BCUT2D eigenvalue weighted by molar-refractivity contribution is -0.130. The molecule has 3 rings (SSSR count). The number of aromatic nitrogens is 1. The van der Waals surface area contributed by atoms with Gasteiger partial charge in [0, 0.05) is 56.3 Å². The largest absolute Gasteiger partial charge is 0.341 e. The average Bonchev–Trinajstić information content (AvgIpc) is 2.82. The number of aryl methyl sites for hydroxylation is 1. The number of hydrogen-bond acceptors (Lipinski definition) is 2. The summed E-state index contributed by atoms with van der Waals surface area (Å²) < 4.78 is 2.20. The van der Waals surface area contributed by atoms with Gasteiger partial charge in [-0.15, -0.1) is 0 Å². The van der Waals surface area contributed by atoms with E-state index < -0.39 is 0 Å². The Morgan fingerprint density at radius 1 is 0.963 bits per heavy atom. The number of carbonyl (C=O) groups excluding carboxylic acids is 2. The maximum atomic E-state index is 12.6. The quantitative estimate of drug-likeness (QED) is 0.784. The normalized spacial score (nSPS) is 15.2. The molecule has 0 radical (unpaired) electrons. The molecule has 0 aliphatic carbocycles. The summed E-state index contributed by atoms with van der Waals surface area (Å²) in [5, 5.41) is 0. The van der Waals surface area contributed by atoms with Gasteiger partial charge in [-0.3, -0.25) is 9.59 Å². The lowest BCUT2D eigenvalue weighted by atomic mass is 10.2. The summed E-state index contributed by atoms with van der Waals surface area (Å²) in [4.78, 5) is 27.8. The van der Waals surface area contributed by atoms with Gasteiger partial charge in [0.05, 0.1) is 0 Å². The summed E-state index contributed by atoms with van der Waals surface area (Å²) in [6.45, 7) is 8.34.